The van der Waals surface area contributed by atoms with Gasteiger partial charge in [0.05, 0.1) is 63.6 Å². The van der Waals surface area contributed by atoms with Crippen molar-refractivity contribution in [2.75, 3.05) is 46.2 Å². The van der Waals surface area contributed by atoms with E-state index in [1.807, 2.05) is 6.92 Å². The van der Waals surface area contributed by atoms with Crippen LogP contribution in [0.3, 0.4) is 0 Å². The highest BCUT2D eigenvalue weighted by Crippen LogP contribution is 2.50. The molecule has 1 saturated carbocycles. The summed E-state index contributed by atoms with van der Waals surface area (Å²) >= 11 is 0. The van der Waals surface area contributed by atoms with Gasteiger partial charge >= 0.3 is 0 Å². The molecule has 9 aliphatic heterocycles. The lowest BCUT2D eigenvalue weighted by Crippen LogP contribution is -2.51. The molecule has 63 heavy (non-hydrogen) atoms. The Morgan fingerprint density at radius 2 is 1.25 bits per heavy atom. The van der Waals surface area contributed by atoms with Crippen molar-refractivity contribution < 1.29 is 98.9 Å². The van der Waals surface area contributed by atoms with Crippen molar-refractivity contribution in [1.29, 1.82) is 0 Å². The maximum absolute atomic E-state index is 9.78. The lowest BCUT2D eigenvalue weighted by molar-refractivity contribution is -0.183. The number of rotatable bonds is 7. The van der Waals surface area contributed by atoms with Crippen molar-refractivity contribution in [3.63, 3.8) is 0 Å². The van der Waals surface area contributed by atoms with Gasteiger partial charge in [0.15, 0.2) is 0 Å². The fraction of sp³-hybridized carbons (Fsp3) is 0.947. The third-order valence-electron chi connectivity index (χ3n) is 14.2. The molecule has 1 unspecified atom stereocenters. The van der Waals surface area contributed by atoms with Crippen LogP contribution < -0.4 is 5.48 Å². The van der Waals surface area contributed by atoms with Gasteiger partial charge in [-0.15, -0.1) is 0 Å². The summed E-state index contributed by atoms with van der Waals surface area (Å²) in [7, 11) is 22.2. The van der Waals surface area contributed by atoms with E-state index in [1.54, 1.807) is 13.8 Å². The molecule has 10 fully saturated rings. The fourth-order valence-corrected chi connectivity index (χ4v) is 10.4. The predicted octanol–water partition coefficient (Wildman–Crippen LogP) is -7.50. The number of ether oxygens (including phenoxy) is 8. The third kappa shape index (κ3) is 8.56. The second-order valence-corrected chi connectivity index (χ2v) is 17.9. The van der Waals surface area contributed by atoms with Crippen LogP contribution >= 0.6 is 0 Å². The molecule has 8 radical (unpaired) electrons. The number of hydroxylamine groups is 1. The first-order valence-corrected chi connectivity index (χ1v) is 21.2. The Labute approximate surface area is 370 Å². The van der Waals surface area contributed by atoms with E-state index >= 15 is 0 Å². The van der Waals surface area contributed by atoms with Crippen LogP contribution in [0.25, 0.3) is 0 Å². The summed E-state index contributed by atoms with van der Waals surface area (Å²) in [5.41, 5.74) is -1.15. The molecule has 21 nitrogen and oxygen atoms in total. The van der Waals surface area contributed by atoms with Gasteiger partial charge in [0.2, 0.25) is 0 Å². The van der Waals surface area contributed by atoms with Crippen molar-refractivity contribution in [3.05, 3.63) is 12.2 Å². The Morgan fingerprint density at radius 1 is 0.683 bits per heavy atom. The average molecular weight is 895 g/mol. The minimum absolute atomic E-state index is 0.00611. The smallest absolute Gasteiger partial charge is 0.145 e. The van der Waals surface area contributed by atoms with Crippen molar-refractivity contribution in [2.24, 2.45) is 5.92 Å². The average Bonchev–Trinajstić information content (AvgIpc) is 4.09. The first-order chi connectivity index (χ1) is 29.6. The maximum Gasteiger partial charge on any atom is 0.145 e. The number of aliphatic hydroxyl groups excluding tert-OH is 11. The summed E-state index contributed by atoms with van der Waals surface area (Å²) in [6.07, 6.45) is -6.33. The van der Waals surface area contributed by atoms with E-state index in [0.717, 1.165) is 5.57 Å². The lowest BCUT2D eigenvalue weighted by Gasteiger charge is -2.35. The van der Waals surface area contributed by atoms with Crippen LogP contribution in [0.15, 0.2) is 12.2 Å². The summed E-state index contributed by atoms with van der Waals surface area (Å²) in [5.74, 6) is 0.0251. The molecular weight excluding hydrogens is 834 g/mol. The molecule has 9 heterocycles. The van der Waals surface area contributed by atoms with Crippen LogP contribution in [0.2, 0.25) is 0 Å². The first kappa shape index (κ1) is 51.5. The van der Waals surface area contributed by atoms with Crippen molar-refractivity contribution in [1.82, 2.24) is 5.48 Å². The monoisotopic (exact) mass is 895 g/mol. The second kappa shape index (κ2) is 19.6. The van der Waals surface area contributed by atoms with E-state index < -0.39 is 119 Å². The summed E-state index contributed by atoms with van der Waals surface area (Å²) in [6.45, 7) is 8.79. The number of nitrogens with one attached hydrogen (secondary N) is 1. The molecule has 0 amide bonds. The molecule has 1 aliphatic carbocycles. The highest BCUT2D eigenvalue weighted by atomic mass is 16.7. The van der Waals surface area contributed by atoms with Gasteiger partial charge in [-0.25, -0.2) is 5.48 Å². The zero-order valence-corrected chi connectivity index (χ0v) is 35.6. The molecule has 12 N–H and O–H groups in total. The Bertz CT molecular complexity index is 1560. The topological polar surface area (TPSA) is 318 Å². The molecule has 10 rings (SSSR count). The minimum atomic E-state index is -1.15. The number of hydrogen-bond acceptors (Lipinski definition) is 21. The fourth-order valence-electron chi connectivity index (χ4n) is 10.4. The molecule has 350 valence electrons. The molecular formula is C38H61B4NO20. The standard InChI is InChI=1S/C9H14O3.C8H13BO5.C7H12BNO4.2C7H11BO4/c1-5-3-9(4-10)8(11)7(5)6(2)12-9;9-7-5-6(12)8(3-11,14-7)4(13-5)1-2-10;8-6-4-5(11)7(3-10,12-6)1-2-9-13-4;1-3(9)7-2-11-4(5(7)10)6(8)12-7;1-3-7(2-9)5(10)4(11-3)6(8)12-7/h6-8,10-11H,1,3-4H2,2H3;4-7,10-12H,1-3H2;4-6,9-11H,1-3H2;2*3-6,9-10H,2H2,1H3/t6-,7-,8+,9+;4-,5+,6-,7+,8-;4-,5+,6-,7-;3?,4-,5+,6-,7-;3-,4+,5-,6+,7-/m00110/s1. The largest absolute Gasteiger partial charge is 0.396 e. The van der Waals surface area contributed by atoms with Gasteiger partial charge < -0.3 is 94.1 Å². The van der Waals surface area contributed by atoms with Crippen molar-refractivity contribution in [2.45, 2.75) is 171 Å². The summed E-state index contributed by atoms with van der Waals surface area (Å²) < 4.78 is 42.6. The molecule has 9 saturated heterocycles. The molecule has 0 aromatic heterocycles. The van der Waals surface area contributed by atoms with Gasteiger partial charge in [-0.3, -0.25) is 4.84 Å². The molecule has 0 aromatic carbocycles. The number of hydrogen-bond donors (Lipinski definition) is 12. The summed E-state index contributed by atoms with van der Waals surface area (Å²) in [4.78, 5) is 5.08. The molecule has 0 aromatic rings. The Morgan fingerprint density at radius 3 is 1.67 bits per heavy atom. The number of aliphatic hydroxyl groups is 11. The van der Waals surface area contributed by atoms with E-state index in [4.69, 9.17) is 94.5 Å². The van der Waals surface area contributed by atoms with Gasteiger partial charge in [0.25, 0.3) is 0 Å². The van der Waals surface area contributed by atoms with Gasteiger partial charge in [-0.05, 0) is 33.6 Å². The molecule has 23 atom stereocenters. The van der Waals surface area contributed by atoms with Gasteiger partial charge in [-0.2, -0.15) is 0 Å². The van der Waals surface area contributed by atoms with Crippen LogP contribution in [-0.4, -0.2) is 265 Å². The van der Waals surface area contributed by atoms with Crippen LogP contribution in [0.4, 0.5) is 0 Å². The first-order valence-electron chi connectivity index (χ1n) is 21.2. The predicted molar refractivity (Wildman–Crippen MR) is 216 cm³/mol. The van der Waals surface area contributed by atoms with Gasteiger partial charge in [0.1, 0.15) is 108 Å². The highest BCUT2D eigenvalue weighted by Gasteiger charge is 2.65. The van der Waals surface area contributed by atoms with Crippen LogP contribution in [0, 0.1) is 5.92 Å². The normalized spacial score (nSPS) is 53.1. The van der Waals surface area contributed by atoms with Gasteiger partial charge in [0, 0.05) is 49.5 Å². The minimum Gasteiger partial charge on any atom is -0.396 e. The van der Waals surface area contributed by atoms with E-state index in [0.29, 0.717) is 25.8 Å². The maximum atomic E-state index is 9.78. The van der Waals surface area contributed by atoms with Crippen molar-refractivity contribution >= 4 is 31.4 Å². The third-order valence-corrected chi connectivity index (χ3v) is 14.2. The Hall–Kier alpha value is -0.840. The Balaban J connectivity index is 0.000000131. The molecule has 0 spiro atoms. The number of fused-ring (bicyclic) bond motifs is 10. The Kier molecular flexibility index (Phi) is 16.1. The quantitative estimate of drug-likeness (QED) is 0.0835. The molecule has 10 bridgehead atoms. The SMILES string of the molecule is C=C1C[C@]2(CO)O[C@@H](C)[C@H]1[C@H]2O.[B][C@@H]1O[C@@]2(C(C)O)CO[C@@H]1[C@@H]2O.[B][C@@H]1O[C@@]2(CO)CCNO[C@@H]1[C@@H]2O.[B][C@@H]1O[C@@]2(CO)[C@H](C)O[C@@H]1[C@@H]2O.[B][C@@H]1O[C@@]2(CO)[C@H](CCO)O[C@@H]1[C@@H]2O. The van der Waals surface area contributed by atoms with E-state index in [-0.39, 0.29) is 57.8 Å². The van der Waals surface area contributed by atoms with Crippen LogP contribution in [-0.2, 0) is 42.7 Å². The molecule has 25 heteroatoms. The zero-order valence-electron chi connectivity index (χ0n) is 35.6. The van der Waals surface area contributed by atoms with Crippen LogP contribution in [0.1, 0.15) is 40.0 Å². The summed E-state index contributed by atoms with van der Waals surface area (Å²) in [6, 6.07) is -2.63. The summed E-state index contributed by atoms with van der Waals surface area (Å²) in [5, 5.41) is 103. The van der Waals surface area contributed by atoms with Crippen molar-refractivity contribution in [3.8, 4) is 0 Å². The van der Waals surface area contributed by atoms with E-state index in [9.17, 15) is 35.7 Å². The lowest BCUT2D eigenvalue weighted by atomic mass is 9.88. The van der Waals surface area contributed by atoms with E-state index in [1.165, 1.54) is 0 Å². The zero-order chi connectivity index (χ0) is 46.6. The second-order valence-electron chi connectivity index (χ2n) is 17.9. The van der Waals surface area contributed by atoms with E-state index in [2.05, 4.69) is 12.1 Å². The van der Waals surface area contributed by atoms with Crippen LogP contribution in [0.5, 0.6) is 0 Å². The molecule has 10 aliphatic rings. The van der Waals surface area contributed by atoms with Gasteiger partial charge in [-0.1, -0.05) is 12.2 Å². The highest BCUT2D eigenvalue weighted by molar-refractivity contribution is 6.12.